The van der Waals surface area contributed by atoms with Crippen molar-refractivity contribution in [2.45, 2.75) is 6.17 Å². The predicted octanol–water partition coefficient (Wildman–Crippen LogP) is 0.905. The van der Waals surface area contributed by atoms with Crippen LogP contribution in [0.5, 0.6) is 0 Å². The van der Waals surface area contributed by atoms with Gasteiger partial charge in [0.2, 0.25) is 0 Å². The fraction of sp³-hybridized carbons (Fsp3) is 0.167. The predicted molar refractivity (Wildman–Crippen MR) is 29.8 cm³/mol. The van der Waals surface area contributed by atoms with Gasteiger partial charge < -0.3 is 5.11 Å². The molecule has 0 aromatic carbocycles. The fourth-order valence-electron chi connectivity index (χ4n) is 0.547. The average molecular weight is 128 g/mol. The van der Waals surface area contributed by atoms with E-state index in [-0.39, 0.29) is 5.76 Å². The second kappa shape index (κ2) is 2.01. The molecule has 0 heterocycles. The molecular weight excluding hydrogens is 123 g/mol. The van der Waals surface area contributed by atoms with Crippen LogP contribution >= 0.6 is 0 Å². The topological polar surface area (TPSA) is 37.3 Å². The van der Waals surface area contributed by atoms with Crippen LogP contribution in [0.3, 0.4) is 0 Å². The summed E-state index contributed by atoms with van der Waals surface area (Å²) in [7, 11) is 0. The molecule has 9 heavy (non-hydrogen) atoms. The maximum absolute atomic E-state index is 12.2. The molecule has 1 atom stereocenters. The Morgan fingerprint density at radius 2 is 2.22 bits per heavy atom. The SMILES string of the molecule is O=C1C=CC(O)=CC1F. The Bertz CT molecular complexity index is 193. The molecule has 1 N–H and O–H groups in total. The van der Waals surface area contributed by atoms with Crippen LogP contribution in [0.25, 0.3) is 0 Å². The van der Waals surface area contributed by atoms with Gasteiger partial charge in [-0.1, -0.05) is 0 Å². The Balaban J connectivity index is 2.82. The number of allylic oxidation sites excluding steroid dienone is 3. The number of carbonyl (C=O) groups is 1. The van der Waals surface area contributed by atoms with Crippen LogP contribution in [-0.4, -0.2) is 17.1 Å². The Kier molecular flexibility index (Phi) is 1.34. The molecule has 1 rings (SSSR count). The number of ketones is 1. The third kappa shape index (κ3) is 1.16. The summed E-state index contributed by atoms with van der Waals surface area (Å²) in [5.74, 6) is -0.810. The molecule has 48 valence electrons. The van der Waals surface area contributed by atoms with Crippen molar-refractivity contribution < 1.29 is 14.3 Å². The van der Waals surface area contributed by atoms with Gasteiger partial charge in [-0.25, -0.2) is 4.39 Å². The molecule has 0 spiro atoms. The smallest absolute Gasteiger partial charge is 0.193 e. The lowest BCUT2D eigenvalue weighted by Crippen LogP contribution is -2.13. The fourth-order valence-corrected chi connectivity index (χ4v) is 0.547. The zero-order valence-electron chi connectivity index (χ0n) is 4.54. The van der Waals surface area contributed by atoms with Gasteiger partial charge in [-0.05, 0) is 18.2 Å². The summed E-state index contributed by atoms with van der Waals surface area (Å²) < 4.78 is 12.2. The van der Waals surface area contributed by atoms with Crippen molar-refractivity contribution in [1.82, 2.24) is 0 Å². The van der Waals surface area contributed by atoms with E-state index in [4.69, 9.17) is 5.11 Å². The highest BCUT2D eigenvalue weighted by Gasteiger charge is 2.15. The minimum absolute atomic E-state index is 0.192. The van der Waals surface area contributed by atoms with Crippen LogP contribution in [0.4, 0.5) is 4.39 Å². The molecule has 0 fully saturated rings. The highest BCUT2D eigenvalue weighted by molar-refractivity contribution is 5.96. The van der Waals surface area contributed by atoms with Crippen molar-refractivity contribution >= 4 is 5.78 Å². The van der Waals surface area contributed by atoms with Gasteiger partial charge in [0.25, 0.3) is 0 Å². The summed E-state index contributed by atoms with van der Waals surface area (Å²) >= 11 is 0. The number of alkyl halides is 1. The lowest BCUT2D eigenvalue weighted by atomic mass is 10.1. The van der Waals surface area contributed by atoms with Crippen LogP contribution < -0.4 is 0 Å². The molecule has 0 bridgehead atoms. The molecule has 1 aliphatic carbocycles. The summed E-state index contributed by atoms with van der Waals surface area (Å²) in [5.41, 5.74) is 0. The maximum Gasteiger partial charge on any atom is 0.193 e. The number of hydrogen-bond donors (Lipinski definition) is 1. The second-order valence-electron chi connectivity index (χ2n) is 1.73. The van der Waals surface area contributed by atoms with E-state index in [1.807, 2.05) is 0 Å². The highest BCUT2D eigenvalue weighted by atomic mass is 19.1. The van der Waals surface area contributed by atoms with Crippen molar-refractivity contribution in [2.75, 3.05) is 0 Å². The lowest BCUT2D eigenvalue weighted by Gasteiger charge is -2.02. The number of rotatable bonds is 0. The zero-order chi connectivity index (χ0) is 6.85. The molecule has 0 saturated heterocycles. The van der Waals surface area contributed by atoms with E-state index >= 15 is 0 Å². The third-order valence-corrected chi connectivity index (χ3v) is 1.01. The number of aliphatic hydroxyl groups excluding tert-OH is 1. The molecule has 0 radical (unpaired) electrons. The molecule has 0 amide bonds. The summed E-state index contributed by atoms with van der Waals surface area (Å²) in [6.45, 7) is 0. The van der Waals surface area contributed by atoms with Crippen molar-refractivity contribution in [3.63, 3.8) is 0 Å². The quantitative estimate of drug-likeness (QED) is 0.526. The van der Waals surface area contributed by atoms with Crippen LogP contribution in [-0.2, 0) is 4.79 Å². The van der Waals surface area contributed by atoms with E-state index < -0.39 is 12.0 Å². The van der Waals surface area contributed by atoms with Crippen LogP contribution in [0, 0.1) is 0 Å². The molecule has 3 heteroatoms. The Labute approximate surface area is 51.3 Å². The third-order valence-electron chi connectivity index (χ3n) is 1.01. The summed E-state index contributed by atoms with van der Waals surface area (Å²) in [6, 6.07) is 0. The van der Waals surface area contributed by atoms with E-state index in [2.05, 4.69) is 0 Å². The number of hydrogen-bond acceptors (Lipinski definition) is 2. The van der Waals surface area contributed by atoms with Gasteiger partial charge in [0.15, 0.2) is 12.0 Å². The van der Waals surface area contributed by atoms with Gasteiger partial charge in [0.05, 0.1) is 0 Å². The number of aliphatic hydroxyl groups is 1. The largest absolute Gasteiger partial charge is 0.508 e. The van der Waals surface area contributed by atoms with E-state index in [0.717, 1.165) is 12.2 Å². The van der Waals surface area contributed by atoms with Gasteiger partial charge in [-0.15, -0.1) is 0 Å². The van der Waals surface area contributed by atoms with E-state index in [9.17, 15) is 9.18 Å². The van der Waals surface area contributed by atoms with Gasteiger partial charge in [0, 0.05) is 0 Å². The van der Waals surface area contributed by atoms with Crippen molar-refractivity contribution in [3.05, 3.63) is 24.0 Å². The van der Waals surface area contributed by atoms with Gasteiger partial charge in [-0.2, -0.15) is 0 Å². The molecule has 0 aromatic heterocycles. The normalized spacial score (nSPS) is 26.1. The molecule has 1 aliphatic rings. The first-order valence-electron chi connectivity index (χ1n) is 2.47. The van der Waals surface area contributed by atoms with Crippen LogP contribution in [0.15, 0.2) is 24.0 Å². The van der Waals surface area contributed by atoms with Crippen molar-refractivity contribution in [2.24, 2.45) is 0 Å². The van der Waals surface area contributed by atoms with Crippen LogP contribution in [0.2, 0.25) is 0 Å². The monoisotopic (exact) mass is 128 g/mol. The molecule has 1 unspecified atom stereocenters. The van der Waals surface area contributed by atoms with Crippen LogP contribution in [0.1, 0.15) is 0 Å². The van der Waals surface area contributed by atoms with E-state index in [1.165, 1.54) is 6.08 Å². The first-order chi connectivity index (χ1) is 4.20. The zero-order valence-corrected chi connectivity index (χ0v) is 4.54. The number of halogens is 1. The maximum atomic E-state index is 12.2. The highest BCUT2D eigenvalue weighted by Crippen LogP contribution is 2.07. The van der Waals surface area contributed by atoms with E-state index in [0.29, 0.717) is 0 Å². The molecule has 0 aromatic rings. The minimum Gasteiger partial charge on any atom is -0.508 e. The van der Waals surface area contributed by atoms with Crippen molar-refractivity contribution in [1.29, 1.82) is 0 Å². The van der Waals surface area contributed by atoms with Gasteiger partial charge in [-0.3, -0.25) is 4.79 Å². The molecule has 0 aliphatic heterocycles. The Morgan fingerprint density at radius 1 is 1.56 bits per heavy atom. The first kappa shape index (κ1) is 6.01. The van der Waals surface area contributed by atoms with Crippen molar-refractivity contribution in [3.8, 4) is 0 Å². The Morgan fingerprint density at radius 3 is 2.67 bits per heavy atom. The number of carbonyl (C=O) groups excluding carboxylic acids is 1. The summed E-state index contributed by atoms with van der Waals surface area (Å²) in [4.78, 5) is 10.3. The summed E-state index contributed by atoms with van der Waals surface area (Å²) in [6.07, 6.45) is 1.38. The van der Waals surface area contributed by atoms with Gasteiger partial charge in [0.1, 0.15) is 5.76 Å². The second-order valence-corrected chi connectivity index (χ2v) is 1.73. The minimum atomic E-state index is -1.66. The standard InChI is InChI=1S/C6H5FO2/c7-5-3-4(8)1-2-6(5)9/h1-3,5,8H. The van der Waals surface area contributed by atoms with E-state index in [1.54, 1.807) is 0 Å². The summed E-state index contributed by atoms with van der Waals surface area (Å²) in [5, 5.41) is 8.58. The Hall–Kier alpha value is -1.12. The molecular formula is C6H5FO2. The molecule has 0 saturated carbocycles. The average Bonchev–Trinajstić information content (AvgIpc) is 1.80. The van der Waals surface area contributed by atoms with Gasteiger partial charge >= 0.3 is 0 Å². The molecule has 2 nitrogen and oxygen atoms in total. The first-order valence-corrected chi connectivity index (χ1v) is 2.47. The lowest BCUT2D eigenvalue weighted by molar-refractivity contribution is -0.117.